The van der Waals surface area contributed by atoms with Gasteiger partial charge < -0.3 is 9.84 Å². The summed E-state index contributed by atoms with van der Waals surface area (Å²) >= 11 is 0. The van der Waals surface area contributed by atoms with Gasteiger partial charge in [0, 0.05) is 6.42 Å². The molecule has 1 rings (SSSR count). The van der Waals surface area contributed by atoms with Crippen LogP contribution in [0.5, 0.6) is 5.75 Å². The van der Waals surface area contributed by atoms with Crippen LogP contribution in [0, 0.1) is 20.8 Å². The first kappa shape index (κ1) is 12.6. The number of rotatable bonds is 5. The van der Waals surface area contributed by atoms with E-state index < -0.39 is 5.97 Å². The van der Waals surface area contributed by atoms with Crippen molar-refractivity contribution < 1.29 is 14.6 Å². The van der Waals surface area contributed by atoms with Crippen LogP contribution < -0.4 is 4.74 Å². The van der Waals surface area contributed by atoms with Gasteiger partial charge >= 0.3 is 5.97 Å². The second-order valence-electron chi connectivity index (χ2n) is 4.00. The number of benzene rings is 1. The first-order valence-corrected chi connectivity index (χ1v) is 5.43. The van der Waals surface area contributed by atoms with Crippen LogP contribution in [-0.2, 0) is 4.79 Å². The van der Waals surface area contributed by atoms with Crippen LogP contribution in [0.15, 0.2) is 12.1 Å². The molecule has 0 spiro atoms. The van der Waals surface area contributed by atoms with E-state index in [1.165, 1.54) is 5.56 Å². The van der Waals surface area contributed by atoms with Crippen LogP contribution in [0.4, 0.5) is 0 Å². The third kappa shape index (κ3) is 3.26. The molecule has 1 N–H and O–H groups in total. The summed E-state index contributed by atoms with van der Waals surface area (Å²) in [5.74, 6) is 0.117. The lowest BCUT2D eigenvalue weighted by molar-refractivity contribution is -0.137. The fraction of sp³-hybridized carbons (Fsp3) is 0.462. The number of aryl methyl sites for hydroxylation is 2. The second kappa shape index (κ2) is 5.54. The fourth-order valence-electron chi connectivity index (χ4n) is 1.55. The first-order valence-electron chi connectivity index (χ1n) is 5.43. The molecule has 16 heavy (non-hydrogen) atoms. The summed E-state index contributed by atoms with van der Waals surface area (Å²) < 4.78 is 5.64. The normalized spacial score (nSPS) is 10.2. The minimum atomic E-state index is -0.777. The van der Waals surface area contributed by atoms with E-state index in [-0.39, 0.29) is 6.42 Å². The van der Waals surface area contributed by atoms with Gasteiger partial charge in [0.25, 0.3) is 0 Å². The third-order valence-corrected chi connectivity index (χ3v) is 2.65. The van der Waals surface area contributed by atoms with E-state index in [0.29, 0.717) is 13.0 Å². The lowest BCUT2D eigenvalue weighted by Gasteiger charge is -2.13. The van der Waals surface area contributed by atoms with E-state index in [1.54, 1.807) is 0 Å². The van der Waals surface area contributed by atoms with Gasteiger partial charge in [-0.15, -0.1) is 0 Å². The van der Waals surface area contributed by atoms with Crippen LogP contribution in [0.25, 0.3) is 0 Å². The third-order valence-electron chi connectivity index (χ3n) is 2.65. The Morgan fingerprint density at radius 1 is 1.25 bits per heavy atom. The molecule has 0 aliphatic carbocycles. The minimum absolute atomic E-state index is 0.157. The molecule has 0 aliphatic heterocycles. The van der Waals surface area contributed by atoms with Crippen LogP contribution in [0.3, 0.4) is 0 Å². The Bertz CT molecular complexity index is 383. The number of carboxylic acids is 1. The molecule has 0 unspecified atom stereocenters. The molecule has 0 aromatic heterocycles. The lowest BCUT2D eigenvalue weighted by Crippen LogP contribution is -2.04. The van der Waals surface area contributed by atoms with Crippen LogP contribution in [-0.4, -0.2) is 17.7 Å². The molecular formula is C13H18O3. The summed E-state index contributed by atoms with van der Waals surface area (Å²) in [5.41, 5.74) is 3.42. The predicted molar refractivity (Wildman–Crippen MR) is 63.0 cm³/mol. The molecule has 0 bridgehead atoms. The monoisotopic (exact) mass is 222 g/mol. The van der Waals surface area contributed by atoms with Gasteiger partial charge in [-0.25, -0.2) is 0 Å². The van der Waals surface area contributed by atoms with Crippen molar-refractivity contribution in [2.75, 3.05) is 6.61 Å². The Balaban J connectivity index is 2.60. The lowest BCUT2D eigenvalue weighted by atomic mass is 10.1. The molecule has 0 atom stereocenters. The summed E-state index contributed by atoms with van der Waals surface area (Å²) in [6.07, 6.45) is 0.700. The smallest absolute Gasteiger partial charge is 0.303 e. The number of hydrogen-bond donors (Lipinski definition) is 1. The van der Waals surface area contributed by atoms with Gasteiger partial charge in [-0.05, 0) is 43.9 Å². The molecule has 0 saturated carbocycles. The van der Waals surface area contributed by atoms with E-state index in [1.807, 2.05) is 26.8 Å². The number of ether oxygens (including phenoxy) is 1. The largest absolute Gasteiger partial charge is 0.493 e. The van der Waals surface area contributed by atoms with E-state index in [4.69, 9.17) is 9.84 Å². The zero-order valence-corrected chi connectivity index (χ0v) is 10.0. The number of hydrogen-bond acceptors (Lipinski definition) is 2. The van der Waals surface area contributed by atoms with Crippen molar-refractivity contribution >= 4 is 5.97 Å². The summed E-state index contributed by atoms with van der Waals surface area (Å²) in [6.45, 7) is 6.52. The van der Waals surface area contributed by atoms with Gasteiger partial charge in [0.05, 0.1) is 6.61 Å². The van der Waals surface area contributed by atoms with E-state index in [9.17, 15) is 4.79 Å². The number of carbonyl (C=O) groups is 1. The molecule has 1 aromatic rings. The fourth-order valence-corrected chi connectivity index (χ4v) is 1.55. The highest BCUT2D eigenvalue weighted by atomic mass is 16.5. The molecule has 0 amide bonds. The van der Waals surface area contributed by atoms with Crippen molar-refractivity contribution in [3.63, 3.8) is 0 Å². The highest BCUT2D eigenvalue weighted by Gasteiger charge is 2.06. The molecule has 0 saturated heterocycles. The molecule has 0 fully saturated rings. The molecule has 3 heteroatoms. The maximum absolute atomic E-state index is 10.3. The van der Waals surface area contributed by atoms with Gasteiger partial charge in [0.1, 0.15) is 5.75 Å². The molecule has 1 aromatic carbocycles. The Labute approximate surface area is 96.1 Å². The highest BCUT2D eigenvalue weighted by Crippen LogP contribution is 2.25. The molecule has 0 heterocycles. The van der Waals surface area contributed by atoms with Gasteiger partial charge in [-0.1, -0.05) is 12.1 Å². The van der Waals surface area contributed by atoms with E-state index in [0.717, 1.165) is 16.9 Å². The first-order chi connectivity index (χ1) is 7.52. The van der Waals surface area contributed by atoms with Gasteiger partial charge in [-0.3, -0.25) is 4.79 Å². The zero-order chi connectivity index (χ0) is 12.1. The van der Waals surface area contributed by atoms with Gasteiger partial charge in [-0.2, -0.15) is 0 Å². The van der Waals surface area contributed by atoms with Crippen molar-refractivity contribution in [2.45, 2.75) is 33.6 Å². The number of carboxylic acid groups (broad SMARTS) is 1. The van der Waals surface area contributed by atoms with Gasteiger partial charge in [0.15, 0.2) is 0 Å². The van der Waals surface area contributed by atoms with Crippen molar-refractivity contribution in [2.24, 2.45) is 0 Å². The molecule has 0 radical (unpaired) electrons. The average Bonchev–Trinajstić information content (AvgIpc) is 2.22. The van der Waals surface area contributed by atoms with Crippen LogP contribution in [0.2, 0.25) is 0 Å². The van der Waals surface area contributed by atoms with Crippen molar-refractivity contribution in [1.29, 1.82) is 0 Å². The second-order valence-corrected chi connectivity index (χ2v) is 4.00. The maximum atomic E-state index is 10.3. The SMILES string of the molecule is Cc1ccc(C)c(OCCCC(=O)O)c1C. The number of aliphatic carboxylic acids is 1. The summed E-state index contributed by atoms with van der Waals surface area (Å²) in [6, 6.07) is 4.09. The topological polar surface area (TPSA) is 46.5 Å². The Morgan fingerprint density at radius 2 is 1.88 bits per heavy atom. The summed E-state index contributed by atoms with van der Waals surface area (Å²) in [4.78, 5) is 10.3. The molecule has 3 nitrogen and oxygen atoms in total. The Kier molecular flexibility index (Phi) is 4.35. The average molecular weight is 222 g/mol. The molecule has 0 aliphatic rings. The Morgan fingerprint density at radius 3 is 2.50 bits per heavy atom. The predicted octanol–water partition coefficient (Wildman–Crippen LogP) is 2.86. The molecule has 88 valence electrons. The van der Waals surface area contributed by atoms with Crippen LogP contribution in [0.1, 0.15) is 29.5 Å². The van der Waals surface area contributed by atoms with E-state index in [2.05, 4.69) is 6.07 Å². The van der Waals surface area contributed by atoms with Crippen molar-refractivity contribution in [3.05, 3.63) is 28.8 Å². The molecular weight excluding hydrogens is 204 g/mol. The maximum Gasteiger partial charge on any atom is 0.303 e. The summed E-state index contributed by atoms with van der Waals surface area (Å²) in [7, 11) is 0. The minimum Gasteiger partial charge on any atom is -0.493 e. The standard InChI is InChI=1S/C13H18O3/c1-9-6-7-10(2)13(11(9)3)16-8-4-5-12(14)15/h6-7H,4-5,8H2,1-3H3,(H,14,15). The quantitative estimate of drug-likeness (QED) is 0.779. The van der Waals surface area contributed by atoms with E-state index >= 15 is 0 Å². The van der Waals surface area contributed by atoms with Gasteiger partial charge in [0.2, 0.25) is 0 Å². The highest BCUT2D eigenvalue weighted by molar-refractivity contribution is 5.66. The van der Waals surface area contributed by atoms with Crippen molar-refractivity contribution in [1.82, 2.24) is 0 Å². The summed E-state index contributed by atoms with van der Waals surface area (Å²) in [5, 5.41) is 8.51. The Hall–Kier alpha value is -1.51. The van der Waals surface area contributed by atoms with Crippen molar-refractivity contribution in [3.8, 4) is 5.75 Å². The van der Waals surface area contributed by atoms with Crippen LogP contribution >= 0.6 is 0 Å². The zero-order valence-electron chi connectivity index (χ0n) is 10.0.